The van der Waals surface area contributed by atoms with Crippen molar-refractivity contribution in [3.05, 3.63) is 71.0 Å². The number of rotatable bonds is 5. The lowest BCUT2D eigenvalue weighted by molar-refractivity contribution is -0.147. The largest absolute Gasteiger partial charge is 0.335 e. The van der Waals surface area contributed by atoms with Crippen LogP contribution in [0.5, 0.6) is 0 Å². The van der Waals surface area contributed by atoms with E-state index in [1.807, 2.05) is 31.2 Å². The van der Waals surface area contributed by atoms with Crippen molar-refractivity contribution in [3.63, 3.8) is 0 Å². The van der Waals surface area contributed by atoms with Crippen molar-refractivity contribution in [2.24, 2.45) is 0 Å². The molecule has 0 bridgehead atoms. The molecule has 0 saturated carbocycles. The number of benzene rings is 2. The summed E-state index contributed by atoms with van der Waals surface area (Å²) in [6.07, 6.45) is -0.648. The van der Waals surface area contributed by atoms with E-state index in [2.05, 4.69) is 0 Å². The fourth-order valence-corrected chi connectivity index (χ4v) is 4.55. The standard InChI is InChI=1S/C25H26FN3O4/c1-17-7-9-18(10-8-17)15-28-11-12-29(16-23(28)32)22(31)14-25(13-21(30)27(2)24(25)33)19-5-3-4-6-20(19)26/h3-10H,11-16H2,1-2H3. The van der Waals surface area contributed by atoms with Crippen LogP contribution in [0.25, 0.3) is 0 Å². The number of likely N-dealkylation sites (N-methyl/N-ethyl adjacent to an activating group) is 1. The van der Waals surface area contributed by atoms with Crippen molar-refractivity contribution in [1.29, 1.82) is 0 Å². The van der Waals surface area contributed by atoms with E-state index >= 15 is 0 Å². The van der Waals surface area contributed by atoms with Gasteiger partial charge in [-0.25, -0.2) is 4.39 Å². The monoisotopic (exact) mass is 451 g/mol. The minimum Gasteiger partial charge on any atom is -0.335 e. The zero-order chi connectivity index (χ0) is 23.8. The fraction of sp³-hybridized carbons (Fsp3) is 0.360. The minimum atomic E-state index is -1.60. The van der Waals surface area contributed by atoms with Gasteiger partial charge in [-0.05, 0) is 18.6 Å². The number of amides is 4. The molecule has 2 saturated heterocycles. The Kier molecular flexibility index (Phi) is 6.01. The molecule has 0 aromatic heterocycles. The summed E-state index contributed by atoms with van der Waals surface area (Å²) in [4.78, 5) is 55.3. The summed E-state index contributed by atoms with van der Waals surface area (Å²) in [5.74, 6) is -2.34. The molecule has 4 amide bonds. The van der Waals surface area contributed by atoms with Gasteiger partial charge in [0.2, 0.25) is 23.6 Å². The third-order valence-electron chi connectivity index (χ3n) is 6.55. The van der Waals surface area contributed by atoms with Gasteiger partial charge in [0.1, 0.15) is 5.82 Å². The fourth-order valence-electron chi connectivity index (χ4n) is 4.55. The molecule has 0 N–H and O–H groups in total. The van der Waals surface area contributed by atoms with E-state index in [1.54, 1.807) is 11.0 Å². The molecule has 8 heteroatoms. The average molecular weight is 451 g/mol. The molecule has 4 rings (SSSR count). The van der Waals surface area contributed by atoms with E-state index in [9.17, 15) is 23.6 Å². The number of carbonyl (C=O) groups is 4. The van der Waals surface area contributed by atoms with Crippen molar-refractivity contribution in [2.45, 2.75) is 31.7 Å². The van der Waals surface area contributed by atoms with Gasteiger partial charge in [0, 0.05) is 45.1 Å². The summed E-state index contributed by atoms with van der Waals surface area (Å²) in [5, 5.41) is 0. The Morgan fingerprint density at radius 2 is 1.70 bits per heavy atom. The topological polar surface area (TPSA) is 78.0 Å². The molecule has 2 fully saturated rings. The van der Waals surface area contributed by atoms with Gasteiger partial charge in [0.15, 0.2) is 0 Å². The van der Waals surface area contributed by atoms with E-state index in [-0.39, 0.29) is 30.9 Å². The molecular weight excluding hydrogens is 425 g/mol. The second kappa shape index (κ2) is 8.77. The second-order valence-corrected chi connectivity index (χ2v) is 8.79. The molecule has 0 spiro atoms. The first-order chi connectivity index (χ1) is 15.7. The van der Waals surface area contributed by atoms with E-state index < -0.39 is 29.0 Å². The maximum atomic E-state index is 14.7. The number of halogens is 1. The Hall–Kier alpha value is -3.55. The smallest absolute Gasteiger partial charge is 0.242 e. The maximum Gasteiger partial charge on any atom is 0.242 e. The quantitative estimate of drug-likeness (QED) is 0.652. The molecule has 2 aliphatic heterocycles. The van der Waals surface area contributed by atoms with Crippen LogP contribution in [0.15, 0.2) is 48.5 Å². The first kappa shape index (κ1) is 22.6. The van der Waals surface area contributed by atoms with Gasteiger partial charge in [-0.15, -0.1) is 0 Å². The predicted molar refractivity (Wildman–Crippen MR) is 118 cm³/mol. The van der Waals surface area contributed by atoms with Crippen LogP contribution in [-0.4, -0.2) is 65.0 Å². The van der Waals surface area contributed by atoms with Crippen LogP contribution in [0, 0.1) is 12.7 Å². The van der Waals surface area contributed by atoms with E-state index in [1.165, 1.54) is 30.1 Å². The number of carbonyl (C=O) groups excluding carboxylic acids is 4. The normalized spacial score (nSPS) is 21.2. The number of hydrogen-bond donors (Lipinski definition) is 0. The highest BCUT2D eigenvalue weighted by Gasteiger charge is 2.54. The van der Waals surface area contributed by atoms with Crippen molar-refractivity contribution in [1.82, 2.24) is 14.7 Å². The lowest BCUT2D eigenvalue weighted by atomic mass is 9.75. The molecule has 7 nitrogen and oxygen atoms in total. The van der Waals surface area contributed by atoms with Crippen LogP contribution in [0.4, 0.5) is 4.39 Å². The van der Waals surface area contributed by atoms with E-state index in [4.69, 9.17) is 0 Å². The molecule has 2 heterocycles. The predicted octanol–water partition coefficient (Wildman–Crippen LogP) is 2.02. The summed E-state index contributed by atoms with van der Waals surface area (Å²) in [6.45, 7) is 3.00. The Balaban J connectivity index is 1.50. The van der Waals surface area contributed by atoms with Crippen LogP contribution in [0.1, 0.15) is 29.5 Å². The zero-order valence-corrected chi connectivity index (χ0v) is 18.7. The Morgan fingerprint density at radius 3 is 2.30 bits per heavy atom. The number of hydrogen-bond acceptors (Lipinski definition) is 4. The maximum absolute atomic E-state index is 14.7. The van der Waals surface area contributed by atoms with E-state index in [0.717, 1.165) is 16.0 Å². The van der Waals surface area contributed by atoms with Crippen molar-refractivity contribution in [3.8, 4) is 0 Å². The summed E-state index contributed by atoms with van der Waals surface area (Å²) in [7, 11) is 1.34. The van der Waals surface area contributed by atoms with Gasteiger partial charge in [-0.2, -0.15) is 0 Å². The highest BCUT2D eigenvalue weighted by atomic mass is 19.1. The molecule has 33 heavy (non-hydrogen) atoms. The number of imide groups is 1. The Labute approximate surface area is 191 Å². The first-order valence-corrected chi connectivity index (χ1v) is 10.9. The van der Waals surface area contributed by atoms with E-state index in [0.29, 0.717) is 19.6 Å². The van der Waals surface area contributed by atoms with Crippen LogP contribution in [-0.2, 0) is 31.1 Å². The third kappa shape index (κ3) is 4.25. The van der Waals surface area contributed by atoms with Gasteiger partial charge in [0.25, 0.3) is 0 Å². The average Bonchev–Trinajstić information content (AvgIpc) is 3.01. The molecular formula is C25H26FN3O4. The highest BCUT2D eigenvalue weighted by Crippen LogP contribution is 2.41. The Morgan fingerprint density at radius 1 is 1.00 bits per heavy atom. The molecule has 0 radical (unpaired) electrons. The number of aryl methyl sites for hydroxylation is 1. The van der Waals surface area contributed by atoms with Crippen molar-refractivity contribution < 1.29 is 23.6 Å². The summed E-state index contributed by atoms with van der Waals surface area (Å²) >= 11 is 0. The van der Waals surface area contributed by atoms with Crippen LogP contribution >= 0.6 is 0 Å². The Bertz CT molecular complexity index is 1120. The van der Waals surface area contributed by atoms with Crippen LogP contribution in [0.3, 0.4) is 0 Å². The molecule has 2 aromatic rings. The van der Waals surface area contributed by atoms with Gasteiger partial charge in [0.05, 0.1) is 12.0 Å². The van der Waals surface area contributed by atoms with Gasteiger partial charge in [-0.1, -0.05) is 48.0 Å². The summed E-state index contributed by atoms with van der Waals surface area (Å²) in [5.41, 5.74) is 0.571. The molecule has 172 valence electrons. The minimum absolute atomic E-state index is 0.0328. The lowest BCUT2D eigenvalue weighted by Crippen LogP contribution is -2.53. The second-order valence-electron chi connectivity index (χ2n) is 8.79. The molecule has 0 aliphatic carbocycles. The summed E-state index contributed by atoms with van der Waals surface area (Å²) < 4.78 is 14.7. The number of nitrogens with zero attached hydrogens (tertiary/aromatic N) is 3. The third-order valence-corrected chi connectivity index (χ3v) is 6.55. The van der Waals surface area contributed by atoms with Crippen molar-refractivity contribution >= 4 is 23.6 Å². The molecule has 2 aliphatic rings. The first-order valence-electron chi connectivity index (χ1n) is 10.9. The molecule has 1 atom stereocenters. The number of piperazine rings is 1. The van der Waals surface area contributed by atoms with Crippen LogP contribution in [0.2, 0.25) is 0 Å². The van der Waals surface area contributed by atoms with Crippen molar-refractivity contribution in [2.75, 3.05) is 26.7 Å². The summed E-state index contributed by atoms with van der Waals surface area (Å²) in [6, 6.07) is 13.6. The van der Waals surface area contributed by atoms with Gasteiger partial charge in [-0.3, -0.25) is 24.1 Å². The highest BCUT2D eigenvalue weighted by molar-refractivity contribution is 6.10. The van der Waals surface area contributed by atoms with Gasteiger partial charge >= 0.3 is 0 Å². The number of likely N-dealkylation sites (tertiary alicyclic amines) is 1. The molecule has 1 unspecified atom stereocenters. The zero-order valence-electron chi connectivity index (χ0n) is 18.7. The van der Waals surface area contributed by atoms with Crippen LogP contribution < -0.4 is 0 Å². The molecule has 2 aromatic carbocycles. The lowest BCUT2D eigenvalue weighted by Gasteiger charge is -2.36. The SMILES string of the molecule is Cc1ccc(CN2CCN(C(=O)CC3(c4ccccc4F)CC(=O)N(C)C3=O)CC2=O)cc1. The van der Waals surface area contributed by atoms with Gasteiger partial charge < -0.3 is 9.80 Å².